The molecule has 0 aliphatic carbocycles. The number of nitrogens with zero attached hydrogens (tertiary/aromatic N) is 3. The second-order valence-electron chi connectivity index (χ2n) is 6.59. The molecule has 0 saturated carbocycles. The van der Waals surface area contributed by atoms with Crippen LogP contribution in [0, 0.1) is 5.92 Å². The highest BCUT2D eigenvalue weighted by Crippen LogP contribution is 2.24. The summed E-state index contributed by atoms with van der Waals surface area (Å²) in [5, 5.41) is 7.43. The fourth-order valence-corrected chi connectivity index (χ4v) is 4.13. The van der Waals surface area contributed by atoms with Crippen LogP contribution in [0.4, 0.5) is 5.13 Å². The average Bonchev–Trinajstić information content (AvgIpc) is 3.25. The predicted octanol–water partition coefficient (Wildman–Crippen LogP) is 1.58. The highest BCUT2D eigenvalue weighted by Gasteiger charge is 2.25. The van der Waals surface area contributed by atoms with Crippen molar-refractivity contribution in [1.29, 1.82) is 0 Å². The molecule has 1 amide bonds. The molecule has 0 spiro atoms. The molecule has 128 valence electrons. The van der Waals surface area contributed by atoms with E-state index in [-0.39, 0.29) is 11.9 Å². The first kappa shape index (κ1) is 16.6. The third-order valence-electron chi connectivity index (χ3n) is 4.66. The Kier molecular flexibility index (Phi) is 5.83. The molecule has 1 aromatic rings. The predicted molar refractivity (Wildman–Crippen MR) is 92.9 cm³/mol. The average molecular weight is 337 g/mol. The van der Waals surface area contributed by atoms with Crippen LogP contribution in [0.2, 0.25) is 0 Å². The summed E-state index contributed by atoms with van der Waals surface area (Å²) in [5.41, 5.74) is 0. The van der Waals surface area contributed by atoms with Crippen LogP contribution in [0.5, 0.6) is 0 Å². The molecule has 2 atom stereocenters. The second-order valence-corrected chi connectivity index (χ2v) is 7.32. The minimum absolute atomic E-state index is 0.0226. The maximum Gasteiger partial charge on any atom is 0.237 e. The number of rotatable bonds is 6. The van der Waals surface area contributed by atoms with Gasteiger partial charge < -0.3 is 15.5 Å². The van der Waals surface area contributed by atoms with E-state index in [4.69, 9.17) is 0 Å². The quantitative estimate of drug-likeness (QED) is 0.825. The Morgan fingerprint density at radius 2 is 2.35 bits per heavy atom. The van der Waals surface area contributed by atoms with Crippen LogP contribution in [0.1, 0.15) is 44.9 Å². The summed E-state index contributed by atoms with van der Waals surface area (Å²) in [6.07, 6.45) is 6.44. The SMILES string of the molecule is CCCc1nsc(N2CCCC(CNC(=O)C3CCCN3)C2)n1. The summed E-state index contributed by atoms with van der Waals surface area (Å²) in [7, 11) is 0. The van der Waals surface area contributed by atoms with Gasteiger partial charge in [-0.2, -0.15) is 4.37 Å². The lowest BCUT2D eigenvalue weighted by atomic mass is 9.98. The van der Waals surface area contributed by atoms with Crippen molar-refractivity contribution in [3.63, 3.8) is 0 Å². The molecule has 1 aromatic heterocycles. The summed E-state index contributed by atoms with van der Waals surface area (Å²) in [4.78, 5) is 19.1. The molecule has 3 heterocycles. The van der Waals surface area contributed by atoms with Crippen molar-refractivity contribution < 1.29 is 4.79 Å². The number of hydrogen-bond acceptors (Lipinski definition) is 6. The lowest BCUT2D eigenvalue weighted by Crippen LogP contribution is -2.45. The van der Waals surface area contributed by atoms with Crippen molar-refractivity contribution in [3.8, 4) is 0 Å². The Morgan fingerprint density at radius 3 is 3.13 bits per heavy atom. The first-order chi connectivity index (χ1) is 11.3. The summed E-state index contributed by atoms with van der Waals surface area (Å²) in [6, 6.07) is 0.0226. The van der Waals surface area contributed by atoms with Gasteiger partial charge in [-0.3, -0.25) is 4.79 Å². The van der Waals surface area contributed by atoms with E-state index in [0.717, 1.165) is 69.2 Å². The normalized spacial score (nSPS) is 24.8. The molecule has 6 nitrogen and oxygen atoms in total. The molecule has 2 unspecified atom stereocenters. The van der Waals surface area contributed by atoms with E-state index in [1.807, 2.05) is 0 Å². The van der Waals surface area contributed by atoms with Crippen molar-refractivity contribution in [1.82, 2.24) is 20.0 Å². The summed E-state index contributed by atoms with van der Waals surface area (Å²) >= 11 is 1.51. The number of hydrogen-bond donors (Lipinski definition) is 2. The van der Waals surface area contributed by atoms with Gasteiger partial charge in [-0.25, -0.2) is 4.98 Å². The van der Waals surface area contributed by atoms with Gasteiger partial charge in [0.15, 0.2) is 0 Å². The van der Waals surface area contributed by atoms with Gasteiger partial charge >= 0.3 is 0 Å². The number of aryl methyl sites for hydroxylation is 1. The monoisotopic (exact) mass is 337 g/mol. The van der Waals surface area contributed by atoms with Crippen molar-refractivity contribution in [2.45, 2.75) is 51.5 Å². The zero-order chi connectivity index (χ0) is 16.1. The molecule has 0 aromatic carbocycles. The van der Waals surface area contributed by atoms with E-state index < -0.39 is 0 Å². The van der Waals surface area contributed by atoms with Crippen molar-refractivity contribution in [2.75, 3.05) is 31.1 Å². The smallest absolute Gasteiger partial charge is 0.237 e. The third-order valence-corrected chi connectivity index (χ3v) is 5.48. The second kappa shape index (κ2) is 8.06. The summed E-state index contributed by atoms with van der Waals surface area (Å²) in [6.45, 7) is 5.91. The fourth-order valence-electron chi connectivity index (χ4n) is 3.38. The molecule has 23 heavy (non-hydrogen) atoms. The Bertz CT molecular complexity index is 514. The van der Waals surface area contributed by atoms with Crippen LogP contribution in [0.3, 0.4) is 0 Å². The molecular weight excluding hydrogens is 310 g/mol. The topological polar surface area (TPSA) is 70.2 Å². The molecule has 2 N–H and O–H groups in total. The first-order valence-corrected chi connectivity index (χ1v) is 9.62. The molecule has 2 aliphatic heterocycles. The molecule has 7 heteroatoms. The van der Waals surface area contributed by atoms with Gasteiger partial charge in [0.2, 0.25) is 11.0 Å². The molecule has 2 fully saturated rings. The van der Waals surface area contributed by atoms with Gasteiger partial charge in [-0.05, 0) is 44.6 Å². The van der Waals surface area contributed by atoms with E-state index in [1.54, 1.807) is 0 Å². The van der Waals surface area contributed by atoms with E-state index in [2.05, 4.69) is 31.8 Å². The first-order valence-electron chi connectivity index (χ1n) is 8.85. The number of carbonyl (C=O) groups is 1. The van der Waals surface area contributed by atoms with Crippen molar-refractivity contribution >= 4 is 22.6 Å². The largest absolute Gasteiger partial charge is 0.354 e. The molecule has 2 aliphatic rings. The van der Waals surface area contributed by atoms with Gasteiger partial charge in [0.25, 0.3) is 0 Å². The minimum Gasteiger partial charge on any atom is -0.354 e. The van der Waals surface area contributed by atoms with E-state index >= 15 is 0 Å². The lowest BCUT2D eigenvalue weighted by molar-refractivity contribution is -0.122. The van der Waals surface area contributed by atoms with Crippen LogP contribution >= 0.6 is 11.5 Å². The highest BCUT2D eigenvalue weighted by atomic mass is 32.1. The maximum absolute atomic E-state index is 12.1. The summed E-state index contributed by atoms with van der Waals surface area (Å²) < 4.78 is 4.44. The van der Waals surface area contributed by atoms with Gasteiger partial charge in [0, 0.05) is 37.6 Å². The molecular formula is C16H27N5OS. The zero-order valence-electron chi connectivity index (χ0n) is 13.9. The van der Waals surface area contributed by atoms with Crippen LogP contribution < -0.4 is 15.5 Å². The molecule has 0 radical (unpaired) electrons. The Morgan fingerprint density at radius 1 is 1.43 bits per heavy atom. The van der Waals surface area contributed by atoms with Gasteiger partial charge in [-0.15, -0.1) is 0 Å². The standard InChI is InChI=1S/C16H27N5OS/c1-2-5-14-19-16(23-20-14)21-9-4-6-12(11-21)10-18-15(22)13-7-3-8-17-13/h12-13,17H,2-11H2,1H3,(H,18,22). The molecule has 2 saturated heterocycles. The number of nitrogens with one attached hydrogen (secondary N) is 2. The summed E-state index contributed by atoms with van der Waals surface area (Å²) in [5.74, 6) is 1.64. The van der Waals surface area contributed by atoms with Gasteiger partial charge in [-0.1, -0.05) is 6.92 Å². The molecule has 3 rings (SSSR count). The lowest BCUT2D eigenvalue weighted by Gasteiger charge is -2.32. The van der Waals surface area contributed by atoms with E-state index in [9.17, 15) is 4.79 Å². The third kappa shape index (κ3) is 4.41. The zero-order valence-corrected chi connectivity index (χ0v) is 14.7. The number of amides is 1. The minimum atomic E-state index is 0.0226. The maximum atomic E-state index is 12.1. The van der Waals surface area contributed by atoms with Crippen LogP contribution in [0.25, 0.3) is 0 Å². The number of carbonyl (C=O) groups excluding carboxylic acids is 1. The van der Waals surface area contributed by atoms with Gasteiger partial charge in [0.1, 0.15) is 5.82 Å². The van der Waals surface area contributed by atoms with E-state index in [1.165, 1.54) is 18.0 Å². The van der Waals surface area contributed by atoms with Crippen molar-refractivity contribution in [2.24, 2.45) is 5.92 Å². The van der Waals surface area contributed by atoms with Crippen LogP contribution in [0.15, 0.2) is 0 Å². The van der Waals surface area contributed by atoms with Crippen molar-refractivity contribution in [3.05, 3.63) is 5.82 Å². The number of aromatic nitrogens is 2. The van der Waals surface area contributed by atoms with E-state index in [0.29, 0.717) is 5.92 Å². The fraction of sp³-hybridized carbons (Fsp3) is 0.812. The van der Waals surface area contributed by atoms with Crippen LogP contribution in [-0.2, 0) is 11.2 Å². The Labute approximate surface area is 142 Å². The Balaban J connectivity index is 1.48. The number of anilines is 1. The van der Waals surface area contributed by atoms with Gasteiger partial charge in [0.05, 0.1) is 6.04 Å². The Hall–Kier alpha value is -1.21. The number of piperidine rings is 1. The highest BCUT2D eigenvalue weighted by molar-refractivity contribution is 7.09. The van der Waals surface area contributed by atoms with Crippen LogP contribution in [-0.4, -0.2) is 47.5 Å². The molecule has 0 bridgehead atoms.